The number of para-hydroxylation sites is 1. The molecule has 1 N–H and O–H groups in total. The summed E-state index contributed by atoms with van der Waals surface area (Å²) in [6.07, 6.45) is 0. The molecule has 3 aromatic rings. The van der Waals surface area contributed by atoms with Crippen LogP contribution < -0.4 is 0 Å². The topological polar surface area (TPSA) is 42.2 Å². The quantitative estimate of drug-likeness (QED) is 0.793. The summed E-state index contributed by atoms with van der Waals surface area (Å²) >= 11 is 0. The number of benzene rings is 2. The van der Waals surface area contributed by atoms with Crippen LogP contribution in [-0.2, 0) is 6.54 Å². The Kier molecular flexibility index (Phi) is 3.22. The molecule has 4 heteroatoms. The van der Waals surface area contributed by atoms with Crippen LogP contribution in [0, 0.1) is 12.7 Å². The Balaban J connectivity index is 2.18. The number of rotatable bonds is 3. The van der Waals surface area contributed by atoms with Crippen LogP contribution in [-0.4, -0.2) is 15.6 Å². The molecule has 1 heterocycles. The molecule has 0 unspecified atom stereocenters. The molecule has 3 rings (SSSR count). The highest BCUT2D eigenvalue weighted by atomic mass is 19.1. The highest BCUT2D eigenvalue weighted by Crippen LogP contribution is 2.26. The fourth-order valence-corrected chi connectivity index (χ4v) is 2.72. The predicted molar refractivity (Wildman–Crippen MR) is 79.1 cm³/mol. The number of carbonyl (C=O) groups is 1. The van der Waals surface area contributed by atoms with Gasteiger partial charge in [-0.15, -0.1) is 0 Å². The van der Waals surface area contributed by atoms with Crippen molar-refractivity contribution >= 4 is 16.9 Å². The van der Waals surface area contributed by atoms with Crippen molar-refractivity contribution in [3.63, 3.8) is 0 Å². The number of carboxylic acids is 1. The average Bonchev–Trinajstić information content (AvgIpc) is 2.72. The van der Waals surface area contributed by atoms with Crippen molar-refractivity contribution in [3.05, 3.63) is 71.2 Å². The minimum atomic E-state index is -0.943. The Morgan fingerprint density at radius 3 is 2.67 bits per heavy atom. The molecule has 1 aromatic heterocycles. The summed E-state index contributed by atoms with van der Waals surface area (Å²) in [6.45, 7) is 2.22. The van der Waals surface area contributed by atoms with Gasteiger partial charge in [-0.25, -0.2) is 9.18 Å². The zero-order valence-electron chi connectivity index (χ0n) is 11.5. The minimum absolute atomic E-state index is 0.292. The van der Waals surface area contributed by atoms with Gasteiger partial charge in [0.05, 0.1) is 5.56 Å². The van der Waals surface area contributed by atoms with E-state index in [0.717, 1.165) is 11.1 Å². The summed E-state index contributed by atoms with van der Waals surface area (Å²) in [5, 5.41) is 10.1. The standard InChI is InChI=1S/C17H14FNO2/c1-11-16(17(20)21)14-7-2-3-8-15(14)19(11)10-12-5-4-6-13(18)9-12/h2-9H,10H2,1H3,(H,20,21). The number of hydrogen-bond donors (Lipinski definition) is 1. The van der Waals surface area contributed by atoms with Crippen LogP contribution in [0.25, 0.3) is 10.9 Å². The van der Waals surface area contributed by atoms with Gasteiger partial charge in [0, 0.05) is 23.1 Å². The molecule has 0 saturated heterocycles. The molecule has 0 spiro atoms. The first kappa shape index (κ1) is 13.4. The van der Waals surface area contributed by atoms with Crippen molar-refractivity contribution in [1.29, 1.82) is 0 Å². The molecule has 0 aliphatic heterocycles. The van der Waals surface area contributed by atoms with Crippen LogP contribution in [0.3, 0.4) is 0 Å². The summed E-state index contributed by atoms with van der Waals surface area (Å²) in [6, 6.07) is 13.7. The van der Waals surface area contributed by atoms with Gasteiger partial charge in [0.2, 0.25) is 0 Å². The number of aromatic nitrogens is 1. The van der Waals surface area contributed by atoms with Gasteiger partial charge < -0.3 is 9.67 Å². The molecule has 0 aliphatic carbocycles. The lowest BCUT2D eigenvalue weighted by molar-refractivity contribution is 0.0698. The maximum atomic E-state index is 13.3. The number of hydrogen-bond acceptors (Lipinski definition) is 1. The maximum absolute atomic E-state index is 13.3. The van der Waals surface area contributed by atoms with Gasteiger partial charge in [-0.05, 0) is 30.7 Å². The Labute approximate surface area is 121 Å². The third-order valence-electron chi connectivity index (χ3n) is 3.67. The first-order valence-corrected chi connectivity index (χ1v) is 6.63. The lowest BCUT2D eigenvalue weighted by Gasteiger charge is -2.08. The number of aromatic carboxylic acids is 1. The highest BCUT2D eigenvalue weighted by molar-refractivity contribution is 6.05. The molecule has 3 nitrogen and oxygen atoms in total. The van der Waals surface area contributed by atoms with Crippen molar-refractivity contribution in [2.45, 2.75) is 13.5 Å². The van der Waals surface area contributed by atoms with Gasteiger partial charge in [0.1, 0.15) is 5.82 Å². The Morgan fingerprint density at radius 2 is 1.95 bits per heavy atom. The van der Waals surface area contributed by atoms with E-state index in [-0.39, 0.29) is 5.82 Å². The van der Waals surface area contributed by atoms with Crippen LogP contribution in [0.15, 0.2) is 48.5 Å². The third kappa shape index (κ3) is 2.29. The van der Waals surface area contributed by atoms with E-state index in [2.05, 4.69) is 0 Å². The lowest BCUT2D eigenvalue weighted by Crippen LogP contribution is -2.04. The van der Waals surface area contributed by atoms with Gasteiger partial charge >= 0.3 is 5.97 Å². The molecule has 0 amide bonds. The number of nitrogens with zero attached hydrogens (tertiary/aromatic N) is 1. The zero-order chi connectivity index (χ0) is 15.0. The minimum Gasteiger partial charge on any atom is -0.478 e. The van der Waals surface area contributed by atoms with Crippen molar-refractivity contribution in [2.75, 3.05) is 0 Å². The molecule has 106 valence electrons. The number of halogens is 1. The summed E-state index contributed by atoms with van der Waals surface area (Å²) in [5.74, 6) is -1.23. The Bertz CT molecular complexity index is 836. The normalized spacial score (nSPS) is 11.0. The van der Waals surface area contributed by atoms with E-state index in [0.29, 0.717) is 23.2 Å². The first-order valence-electron chi connectivity index (χ1n) is 6.63. The fraction of sp³-hybridized carbons (Fsp3) is 0.118. The Hall–Kier alpha value is -2.62. The van der Waals surface area contributed by atoms with Gasteiger partial charge in [0.25, 0.3) is 0 Å². The van der Waals surface area contributed by atoms with E-state index in [4.69, 9.17) is 0 Å². The lowest BCUT2D eigenvalue weighted by atomic mass is 10.1. The fourth-order valence-electron chi connectivity index (χ4n) is 2.72. The summed E-state index contributed by atoms with van der Waals surface area (Å²) in [5.41, 5.74) is 2.63. The summed E-state index contributed by atoms with van der Waals surface area (Å²) in [7, 11) is 0. The maximum Gasteiger partial charge on any atom is 0.338 e. The number of carboxylic acid groups (broad SMARTS) is 1. The van der Waals surface area contributed by atoms with Crippen LogP contribution in [0.4, 0.5) is 4.39 Å². The molecular weight excluding hydrogens is 269 g/mol. The molecule has 2 aromatic carbocycles. The molecule has 0 atom stereocenters. The van der Waals surface area contributed by atoms with Gasteiger partial charge in [-0.1, -0.05) is 30.3 Å². The van der Waals surface area contributed by atoms with Gasteiger partial charge in [-0.3, -0.25) is 0 Å². The molecule has 0 radical (unpaired) electrons. The van der Waals surface area contributed by atoms with Crippen LogP contribution in [0.5, 0.6) is 0 Å². The van der Waals surface area contributed by atoms with Crippen LogP contribution >= 0.6 is 0 Å². The molecular formula is C17H14FNO2. The SMILES string of the molecule is Cc1c(C(=O)O)c2ccccc2n1Cc1cccc(F)c1. The second-order valence-corrected chi connectivity index (χ2v) is 5.00. The molecule has 0 aliphatic rings. The largest absolute Gasteiger partial charge is 0.478 e. The zero-order valence-corrected chi connectivity index (χ0v) is 11.5. The van der Waals surface area contributed by atoms with Crippen LogP contribution in [0.2, 0.25) is 0 Å². The van der Waals surface area contributed by atoms with E-state index >= 15 is 0 Å². The van der Waals surface area contributed by atoms with Crippen molar-refractivity contribution < 1.29 is 14.3 Å². The number of fused-ring (bicyclic) bond motifs is 1. The predicted octanol–water partition coefficient (Wildman–Crippen LogP) is 3.84. The second kappa shape index (κ2) is 5.05. The summed E-state index contributed by atoms with van der Waals surface area (Å²) in [4.78, 5) is 11.5. The van der Waals surface area contributed by atoms with Crippen molar-refractivity contribution in [2.24, 2.45) is 0 Å². The summed E-state index contributed by atoms with van der Waals surface area (Å²) < 4.78 is 15.2. The molecule has 0 fully saturated rings. The van der Waals surface area contributed by atoms with E-state index in [9.17, 15) is 14.3 Å². The van der Waals surface area contributed by atoms with Gasteiger partial charge in [0.15, 0.2) is 0 Å². The van der Waals surface area contributed by atoms with Crippen molar-refractivity contribution in [3.8, 4) is 0 Å². The Morgan fingerprint density at radius 1 is 1.19 bits per heavy atom. The average molecular weight is 283 g/mol. The molecule has 0 bridgehead atoms. The monoisotopic (exact) mass is 283 g/mol. The van der Waals surface area contributed by atoms with E-state index < -0.39 is 5.97 Å². The van der Waals surface area contributed by atoms with Crippen LogP contribution in [0.1, 0.15) is 21.6 Å². The van der Waals surface area contributed by atoms with Gasteiger partial charge in [-0.2, -0.15) is 0 Å². The van der Waals surface area contributed by atoms with Crippen molar-refractivity contribution in [1.82, 2.24) is 4.57 Å². The second-order valence-electron chi connectivity index (χ2n) is 5.00. The first-order chi connectivity index (χ1) is 10.1. The van der Waals surface area contributed by atoms with E-state index in [1.54, 1.807) is 19.1 Å². The van der Waals surface area contributed by atoms with E-state index in [1.165, 1.54) is 12.1 Å². The smallest absolute Gasteiger partial charge is 0.338 e. The molecule has 21 heavy (non-hydrogen) atoms. The highest BCUT2D eigenvalue weighted by Gasteiger charge is 2.18. The third-order valence-corrected chi connectivity index (χ3v) is 3.67. The van der Waals surface area contributed by atoms with E-state index in [1.807, 2.05) is 28.8 Å². The molecule has 0 saturated carbocycles.